The number of hydrogen-bond acceptors (Lipinski definition) is 4. The second-order valence-electron chi connectivity index (χ2n) is 7.05. The van der Waals surface area contributed by atoms with Gasteiger partial charge in [0.1, 0.15) is 18.8 Å². The molecule has 4 heteroatoms. The molecule has 2 aromatic rings. The average Bonchev–Trinajstić information content (AvgIpc) is 2.70. The Hall–Kier alpha value is -2.62. The molecule has 28 heavy (non-hydrogen) atoms. The molecule has 2 aromatic carbocycles. The summed E-state index contributed by atoms with van der Waals surface area (Å²) in [4.78, 5) is 24.3. The van der Waals surface area contributed by atoms with Crippen LogP contribution in [0, 0.1) is 0 Å². The highest BCUT2D eigenvalue weighted by Gasteiger charge is 2.15. The van der Waals surface area contributed by atoms with Gasteiger partial charge in [-0.3, -0.25) is 9.59 Å². The summed E-state index contributed by atoms with van der Waals surface area (Å²) < 4.78 is 11.1. The first-order valence-electron chi connectivity index (χ1n) is 10.1. The van der Waals surface area contributed by atoms with Crippen LogP contribution in [0.3, 0.4) is 0 Å². The Morgan fingerprint density at radius 1 is 0.929 bits per heavy atom. The van der Waals surface area contributed by atoms with Gasteiger partial charge in [0.25, 0.3) is 0 Å². The van der Waals surface area contributed by atoms with Gasteiger partial charge in [-0.25, -0.2) is 0 Å². The summed E-state index contributed by atoms with van der Waals surface area (Å²) >= 11 is 0. The number of unbranched alkanes of at least 4 members (excludes halogenated alkanes) is 3. The fourth-order valence-corrected chi connectivity index (χ4v) is 2.89. The molecule has 0 saturated carbocycles. The van der Waals surface area contributed by atoms with Crippen LogP contribution in [-0.4, -0.2) is 17.9 Å². The van der Waals surface area contributed by atoms with Crippen LogP contribution in [0.15, 0.2) is 54.6 Å². The van der Waals surface area contributed by atoms with Crippen LogP contribution >= 0.6 is 0 Å². The monoisotopic (exact) mass is 382 g/mol. The van der Waals surface area contributed by atoms with Gasteiger partial charge in [-0.05, 0) is 49.6 Å². The Morgan fingerprint density at radius 2 is 1.64 bits per heavy atom. The summed E-state index contributed by atoms with van der Waals surface area (Å²) in [5, 5.41) is 0. The molecule has 0 radical (unpaired) electrons. The minimum absolute atomic E-state index is 0.147. The van der Waals surface area contributed by atoms with Crippen LogP contribution in [-0.2, 0) is 16.1 Å². The highest BCUT2D eigenvalue weighted by molar-refractivity contribution is 6.06. The number of ketones is 1. The SMILES string of the molecule is CCCCCC[C@H](C)OC(=O)CC(=O)c1ccc(OCc2ccccc2)cc1. The largest absolute Gasteiger partial charge is 0.489 e. The third-order valence-corrected chi connectivity index (χ3v) is 4.53. The molecular formula is C24H30O4. The molecule has 0 aromatic heterocycles. The van der Waals surface area contributed by atoms with Crippen LogP contribution in [0.4, 0.5) is 0 Å². The minimum Gasteiger partial charge on any atom is -0.489 e. The number of esters is 1. The van der Waals surface area contributed by atoms with Gasteiger partial charge in [0.2, 0.25) is 0 Å². The van der Waals surface area contributed by atoms with E-state index in [-0.39, 0.29) is 18.3 Å². The molecule has 0 heterocycles. The normalized spacial score (nSPS) is 11.6. The molecule has 2 rings (SSSR count). The van der Waals surface area contributed by atoms with Crippen LogP contribution in [0.5, 0.6) is 5.75 Å². The Morgan fingerprint density at radius 3 is 2.32 bits per heavy atom. The molecule has 0 unspecified atom stereocenters. The number of benzene rings is 2. The standard InChI is InChI=1S/C24H30O4/c1-3-4-5-7-10-19(2)28-24(26)17-23(25)21-13-15-22(16-14-21)27-18-20-11-8-6-9-12-20/h6,8-9,11-16,19H,3-5,7,10,17-18H2,1-2H3/t19-/m0/s1. The van der Waals surface area contributed by atoms with Crippen molar-refractivity contribution in [3.8, 4) is 5.75 Å². The summed E-state index contributed by atoms with van der Waals surface area (Å²) in [6.45, 7) is 4.51. The summed E-state index contributed by atoms with van der Waals surface area (Å²) in [5.41, 5.74) is 1.56. The summed E-state index contributed by atoms with van der Waals surface area (Å²) in [6.07, 6.45) is 5.03. The zero-order valence-corrected chi connectivity index (χ0v) is 16.9. The van der Waals surface area contributed by atoms with Gasteiger partial charge < -0.3 is 9.47 Å². The second kappa shape index (κ2) is 12.0. The first-order chi connectivity index (χ1) is 13.6. The van der Waals surface area contributed by atoms with Crippen LogP contribution < -0.4 is 4.74 Å². The number of Topliss-reactive ketones (excluding diaryl/α,β-unsaturated/α-hetero) is 1. The molecule has 0 fully saturated rings. The number of carbonyl (C=O) groups is 2. The van der Waals surface area contributed by atoms with E-state index in [0.29, 0.717) is 17.9 Å². The van der Waals surface area contributed by atoms with Gasteiger partial charge in [0.15, 0.2) is 5.78 Å². The fraction of sp³-hybridized carbons (Fsp3) is 0.417. The van der Waals surface area contributed by atoms with E-state index in [0.717, 1.165) is 24.8 Å². The lowest BCUT2D eigenvalue weighted by atomic mass is 10.1. The number of ether oxygens (including phenoxy) is 2. The molecule has 0 saturated heterocycles. The van der Waals surface area contributed by atoms with Crippen molar-refractivity contribution >= 4 is 11.8 Å². The zero-order valence-electron chi connectivity index (χ0n) is 16.9. The van der Waals surface area contributed by atoms with Crippen molar-refractivity contribution in [3.63, 3.8) is 0 Å². The van der Waals surface area contributed by atoms with E-state index in [1.54, 1.807) is 24.3 Å². The third kappa shape index (κ3) is 7.95. The maximum atomic E-state index is 12.3. The molecule has 1 atom stereocenters. The maximum Gasteiger partial charge on any atom is 0.313 e. The molecule has 0 aliphatic rings. The Kier molecular flexibility index (Phi) is 9.26. The van der Waals surface area contributed by atoms with Gasteiger partial charge in [-0.1, -0.05) is 56.5 Å². The van der Waals surface area contributed by atoms with Crippen LogP contribution in [0.1, 0.15) is 68.3 Å². The first kappa shape index (κ1) is 21.7. The van der Waals surface area contributed by atoms with E-state index < -0.39 is 5.97 Å². The fourth-order valence-electron chi connectivity index (χ4n) is 2.89. The Bertz CT molecular complexity index is 722. The summed E-state index contributed by atoms with van der Waals surface area (Å²) in [6, 6.07) is 16.7. The molecule has 0 bridgehead atoms. The van der Waals surface area contributed by atoms with Crippen molar-refractivity contribution < 1.29 is 19.1 Å². The second-order valence-corrected chi connectivity index (χ2v) is 7.05. The van der Waals surface area contributed by atoms with Gasteiger partial charge >= 0.3 is 5.97 Å². The highest BCUT2D eigenvalue weighted by Crippen LogP contribution is 2.16. The highest BCUT2D eigenvalue weighted by atomic mass is 16.5. The quantitative estimate of drug-likeness (QED) is 0.203. The molecule has 0 N–H and O–H groups in total. The van der Waals surface area contributed by atoms with E-state index in [4.69, 9.17) is 9.47 Å². The Balaban J connectivity index is 1.75. The number of hydrogen-bond donors (Lipinski definition) is 0. The lowest BCUT2D eigenvalue weighted by molar-refractivity contribution is -0.147. The van der Waals surface area contributed by atoms with E-state index in [2.05, 4.69) is 6.92 Å². The molecule has 0 amide bonds. The number of carbonyl (C=O) groups excluding carboxylic acids is 2. The molecule has 0 aliphatic heterocycles. The van der Waals surface area contributed by atoms with E-state index in [1.165, 1.54) is 12.8 Å². The van der Waals surface area contributed by atoms with E-state index in [9.17, 15) is 9.59 Å². The van der Waals surface area contributed by atoms with Crippen molar-refractivity contribution in [3.05, 3.63) is 65.7 Å². The lowest BCUT2D eigenvalue weighted by Gasteiger charge is -2.13. The molecule has 4 nitrogen and oxygen atoms in total. The lowest BCUT2D eigenvalue weighted by Crippen LogP contribution is -2.18. The van der Waals surface area contributed by atoms with Gasteiger partial charge in [-0.2, -0.15) is 0 Å². The first-order valence-corrected chi connectivity index (χ1v) is 10.1. The third-order valence-electron chi connectivity index (χ3n) is 4.53. The molecule has 0 aliphatic carbocycles. The van der Waals surface area contributed by atoms with Gasteiger partial charge in [-0.15, -0.1) is 0 Å². The van der Waals surface area contributed by atoms with E-state index in [1.807, 2.05) is 37.3 Å². The van der Waals surface area contributed by atoms with Gasteiger partial charge in [0.05, 0.1) is 6.10 Å². The van der Waals surface area contributed by atoms with Crippen molar-refractivity contribution in [1.29, 1.82) is 0 Å². The van der Waals surface area contributed by atoms with Crippen molar-refractivity contribution in [1.82, 2.24) is 0 Å². The molecular weight excluding hydrogens is 352 g/mol. The molecule has 0 spiro atoms. The van der Waals surface area contributed by atoms with E-state index >= 15 is 0 Å². The van der Waals surface area contributed by atoms with Crippen molar-refractivity contribution in [2.45, 2.75) is 65.1 Å². The van der Waals surface area contributed by atoms with Gasteiger partial charge in [0, 0.05) is 5.56 Å². The van der Waals surface area contributed by atoms with Crippen LogP contribution in [0.2, 0.25) is 0 Å². The average molecular weight is 383 g/mol. The van der Waals surface area contributed by atoms with Crippen molar-refractivity contribution in [2.24, 2.45) is 0 Å². The summed E-state index contributed by atoms with van der Waals surface area (Å²) in [5.74, 6) is -0.0149. The number of rotatable bonds is 12. The minimum atomic E-state index is -0.461. The summed E-state index contributed by atoms with van der Waals surface area (Å²) in [7, 11) is 0. The Labute approximate surface area is 167 Å². The zero-order chi connectivity index (χ0) is 20.2. The van der Waals surface area contributed by atoms with Crippen LogP contribution in [0.25, 0.3) is 0 Å². The predicted octanol–water partition coefficient (Wildman–Crippen LogP) is 5.74. The smallest absolute Gasteiger partial charge is 0.313 e. The maximum absolute atomic E-state index is 12.3. The van der Waals surface area contributed by atoms with Crippen molar-refractivity contribution in [2.75, 3.05) is 0 Å². The molecule has 150 valence electrons. The topological polar surface area (TPSA) is 52.6 Å². The predicted molar refractivity (Wildman–Crippen MR) is 110 cm³/mol.